The predicted octanol–water partition coefficient (Wildman–Crippen LogP) is 5.10. The second kappa shape index (κ2) is 12.6. The number of benzene rings is 2. The van der Waals surface area contributed by atoms with Crippen LogP contribution in [0.3, 0.4) is 0 Å². The number of ether oxygens (including phenoxy) is 2. The van der Waals surface area contributed by atoms with E-state index in [1.54, 1.807) is 37.1 Å². The van der Waals surface area contributed by atoms with Crippen LogP contribution < -0.4 is 14.8 Å². The van der Waals surface area contributed by atoms with Crippen LogP contribution in [-0.4, -0.2) is 42.5 Å². The maximum Gasteiger partial charge on any atom is 0.242 e. The van der Waals surface area contributed by atoms with Gasteiger partial charge in [-0.2, -0.15) is 0 Å². The smallest absolute Gasteiger partial charge is 0.242 e. The molecule has 0 unspecified atom stereocenters. The van der Waals surface area contributed by atoms with E-state index >= 15 is 0 Å². The van der Waals surface area contributed by atoms with E-state index in [1.807, 2.05) is 38.1 Å². The Morgan fingerprint density at radius 3 is 2.28 bits per heavy atom. The van der Waals surface area contributed by atoms with E-state index in [9.17, 15) is 9.59 Å². The monoisotopic (exact) mass is 480 g/mol. The van der Waals surface area contributed by atoms with E-state index in [0.29, 0.717) is 28.8 Å². The number of carbonyl (C=O) groups is 2. The third-order valence-corrected chi connectivity index (χ3v) is 5.40. The van der Waals surface area contributed by atoms with Gasteiger partial charge in [0.05, 0.1) is 13.7 Å². The van der Waals surface area contributed by atoms with Gasteiger partial charge in [-0.15, -0.1) is 0 Å². The molecule has 0 saturated heterocycles. The van der Waals surface area contributed by atoms with E-state index < -0.39 is 6.04 Å². The number of methoxy groups -OCH3 is 1. The highest BCUT2D eigenvalue weighted by molar-refractivity contribution is 6.35. The summed E-state index contributed by atoms with van der Waals surface area (Å²) in [5, 5.41) is 3.83. The molecule has 1 atom stereocenters. The quantitative estimate of drug-likeness (QED) is 0.454. The molecule has 174 valence electrons. The van der Waals surface area contributed by atoms with Crippen molar-refractivity contribution in [1.29, 1.82) is 0 Å². The molecule has 0 aromatic heterocycles. The summed E-state index contributed by atoms with van der Waals surface area (Å²) >= 11 is 12.3. The number of hydrogen-bond acceptors (Lipinski definition) is 4. The zero-order valence-corrected chi connectivity index (χ0v) is 20.4. The predicted molar refractivity (Wildman–Crippen MR) is 127 cm³/mol. The molecule has 8 heteroatoms. The van der Waals surface area contributed by atoms with Crippen LogP contribution in [-0.2, 0) is 16.1 Å². The summed E-state index contributed by atoms with van der Waals surface area (Å²) in [4.78, 5) is 27.2. The van der Waals surface area contributed by atoms with E-state index in [-0.39, 0.29) is 30.8 Å². The normalized spacial score (nSPS) is 11.7. The Morgan fingerprint density at radius 1 is 1.03 bits per heavy atom. The fourth-order valence-corrected chi connectivity index (χ4v) is 3.52. The van der Waals surface area contributed by atoms with Crippen LogP contribution in [0.15, 0.2) is 42.5 Å². The Balaban J connectivity index is 2.02. The minimum Gasteiger partial charge on any atom is -0.497 e. The fourth-order valence-electron chi connectivity index (χ4n) is 3.05. The summed E-state index contributed by atoms with van der Waals surface area (Å²) in [6.45, 7) is 6.06. The summed E-state index contributed by atoms with van der Waals surface area (Å²) in [6, 6.07) is 11.7. The van der Waals surface area contributed by atoms with Gasteiger partial charge in [-0.05, 0) is 69.2 Å². The number of halogens is 2. The fraction of sp³-hybridized carbons (Fsp3) is 0.417. The summed E-state index contributed by atoms with van der Waals surface area (Å²) in [6.07, 6.45) is 0.745. The van der Waals surface area contributed by atoms with Crippen molar-refractivity contribution in [3.63, 3.8) is 0 Å². The van der Waals surface area contributed by atoms with Gasteiger partial charge in [0.25, 0.3) is 0 Å². The van der Waals surface area contributed by atoms with Crippen molar-refractivity contribution in [1.82, 2.24) is 10.2 Å². The van der Waals surface area contributed by atoms with E-state index in [2.05, 4.69) is 5.32 Å². The summed E-state index contributed by atoms with van der Waals surface area (Å²) in [7, 11) is 1.60. The molecular formula is C24H30Cl2N2O4. The van der Waals surface area contributed by atoms with Gasteiger partial charge in [0.2, 0.25) is 11.8 Å². The van der Waals surface area contributed by atoms with Gasteiger partial charge in [-0.1, -0.05) is 29.3 Å². The first-order valence-corrected chi connectivity index (χ1v) is 11.3. The van der Waals surface area contributed by atoms with Crippen LogP contribution >= 0.6 is 23.2 Å². The lowest BCUT2D eigenvalue weighted by atomic mass is 10.1. The van der Waals surface area contributed by atoms with Crippen molar-refractivity contribution in [3.8, 4) is 11.5 Å². The molecular weight excluding hydrogens is 451 g/mol. The lowest BCUT2D eigenvalue weighted by molar-refractivity contribution is -0.141. The van der Waals surface area contributed by atoms with Crippen LogP contribution in [0.5, 0.6) is 11.5 Å². The van der Waals surface area contributed by atoms with Crippen LogP contribution in [0.1, 0.15) is 39.2 Å². The summed E-state index contributed by atoms with van der Waals surface area (Å²) < 4.78 is 10.8. The highest BCUT2D eigenvalue weighted by Crippen LogP contribution is 2.24. The molecule has 1 N–H and O–H groups in total. The van der Waals surface area contributed by atoms with Crippen molar-refractivity contribution in [3.05, 3.63) is 58.1 Å². The average Bonchev–Trinajstić information content (AvgIpc) is 2.75. The topological polar surface area (TPSA) is 67.9 Å². The molecule has 0 aliphatic heterocycles. The minimum atomic E-state index is -0.654. The first-order valence-electron chi connectivity index (χ1n) is 10.5. The second-order valence-corrected chi connectivity index (χ2v) is 8.57. The van der Waals surface area contributed by atoms with Crippen molar-refractivity contribution >= 4 is 35.0 Å². The van der Waals surface area contributed by atoms with Gasteiger partial charge < -0.3 is 19.7 Å². The number of nitrogens with zero attached hydrogens (tertiary/aromatic N) is 1. The first-order chi connectivity index (χ1) is 15.2. The number of rotatable bonds is 11. The van der Waals surface area contributed by atoms with Gasteiger partial charge in [-0.25, -0.2) is 0 Å². The molecule has 32 heavy (non-hydrogen) atoms. The first kappa shape index (κ1) is 25.8. The van der Waals surface area contributed by atoms with Crippen LogP contribution in [0.2, 0.25) is 10.0 Å². The maximum absolute atomic E-state index is 13.1. The number of carbonyl (C=O) groups excluding carboxylic acids is 2. The Bertz CT molecular complexity index is 903. The number of hydrogen-bond donors (Lipinski definition) is 1. The van der Waals surface area contributed by atoms with Gasteiger partial charge in [0, 0.05) is 29.1 Å². The third-order valence-electron chi connectivity index (χ3n) is 4.82. The summed E-state index contributed by atoms with van der Waals surface area (Å²) in [5.74, 6) is 1.08. The molecule has 2 rings (SSSR count). The highest BCUT2D eigenvalue weighted by Gasteiger charge is 2.26. The number of amides is 2. The molecule has 6 nitrogen and oxygen atoms in total. The Kier molecular flexibility index (Phi) is 10.1. The Hall–Kier alpha value is -2.44. The lowest BCUT2D eigenvalue weighted by Crippen LogP contribution is -2.49. The van der Waals surface area contributed by atoms with E-state index in [1.165, 1.54) is 0 Å². The van der Waals surface area contributed by atoms with Gasteiger partial charge in [0.15, 0.2) is 0 Å². The van der Waals surface area contributed by atoms with Crippen molar-refractivity contribution < 1.29 is 19.1 Å². The molecule has 0 spiro atoms. The average molecular weight is 481 g/mol. The molecule has 0 aliphatic carbocycles. The van der Waals surface area contributed by atoms with E-state index in [4.69, 9.17) is 32.7 Å². The second-order valence-electron chi connectivity index (χ2n) is 7.72. The molecule has 2 amide bonds. The summed E-state index contributed by atoms with van der Waals surface area (Å²) in [5.41, 5.74) is 0.725. The molecule has 0 radical (unpaired) electrons. The van der Waals surface area contributed by atoms with Crippen LogP contribution in [0.4, 0.5) is 0 Å². The number of nitrogens with one attached hydrogen (secondary N) is 1. The third kappa shape index (κ3) is 7.92. The van der Waals surface area contributed by atoms with Gasteiger partial charge >= 0.3 is 0 Å². The molecule has 0 aliphatic rings. The lowest BCUT2D eigenvalue weighted by Gasteiger charge is -2.29. The largest absolute Gasteiger partial charge is 0.497 e. The molecule has 2 aromatic carbocycles. The van der Waals surface area contributed by atoms with Gasteiger partial charge in [-0.3, -0.25) is 9.59 Å². The molecule has 0 fully saturated rings. The molecule has 2 aromatic rings. The highest BCUT2D eigenvalue weighted by atomic mass is 35.5. The standard InChI is InChI=1S/C24H30Cl2N2O4/c1-16(2)27-24(30)17(3)28(15-18-7-8-19(25)14-22(18)26)23(29)6-5-13-32-21-11-9-20(31-4)10-12-21/h7-12,14,16-17H,5-6,13,15H2,1-4H3,(H,27,30)/t17-/m0/s1. The molecule has 0 heterocycles. The Labute approximate surface area is 199 Å². The molecule has 0 saturated carbocycles. The van der Waals surface area contributed by atoms with Gasteiger partial charge in [0.1, 0.15) is 17.5 Å². The van der Waals surface area contributed by atoms with Crippen molar-refractivity contribution in [2.24, 2.45) is 0 Å². The van der Waals surface area contributed by atoms with E-state index in [0.717, 1.165) is 11.3 Å². The van der Waals surface area contributed by atoms with Crippen LogP contribution in [0, 0.1) is 0 Å². The Morgan fingerprint density at radius 2 is 1.69 bits per heavy atom. The maximum atomic E-state index is 13.1. The minimum absolute atomic E-state index is 0.0288. The van der Waals surface area contributed by atoms with Crippen molar-refractivity contribution in [2.45, 2.75) is 52.2 Å². The zero-order chi connectivity index (χ0) is 23.7. The SMILES string of the molecule is COc1ccc(OCCCC(=O)N(Cc2ccc(Cl)cc2Cl)[C@@H](C)C(=O)NC(C)C)cc1. The zero-order valence-electron chi connectivity index (χ0n) is 18.9. The molecule has 0 bridgehead atoms. The van der Waals surface area contributed by atoms with Crippen LogP contribution in [0.25, 0.3) is 0 Å². The van der Waals surface area contributed by atoms with Crippen molar-refractivity contribution in [2.75, 3.05) is 13.7 Å².